The normalized spacial score (nSPS) is 13.1. The molecule has 3 rings (SSSR count). The first-order valence-electron chi connectivity index (χ1n) is 9.83. The number of fused-ring (bicyclic) bond motifs is 1. The number of ether oxygens (including phenoxy) is 1. The Hall–Kier alpha value is -3.43. The van der Waals surface area contributed by atoms with Crippen LogP contribution in [0, 0.1) is 6.92 Å². The molecule has 2 heterocycles. The Morgan fingerprint density at radius 3 is 2.47 bits per heavy atom. The number of nitrogens with one attached hydrogen (secondary N) is 1. The molecule has 2 aromatic heterocycles. The van der Waals surface area contributed by atoms with Gasteiger partial charge in [-0.15, -0.1) is 0 Å². The van der Waals surface area contributed by atoms with Crippen LogP contribution < -0.4 is 10.9 Å². The van der Waals surface area contributed by atoms with Crippen LogP contribution in [-0.2, 0) is 10.9 Å². The third-order valence-electron chi connectivity index (χ3n) is 4.60. The summed E-state index contributed by atoms with van der Waals surface area (Å²) in [6, 6.07) is 4.12. The van der Waals surface area contributed by atoms with E-state index in [1.807, 2.05) is 0 Å². The molecule has 1 N–H and O–H groups in total. The first-order valence-corrected chi connectivity index (χ1v) is 9.83. The number of alkyl halides is 3. The molecule has 3 aromatic rings. The van der Waals surface area contributed by atoms with Gasteiger partial charge in [-0.2, -0.15) is 13.2 Å². The molecule has 0 unspecified atom stereocenters. The van der Waals surface area contributed by atoms with Crippen molar-refractivity contribution >= 4 is 17.0 Å². The lowest BCUT2D eigenvalue weighted by Gasteiger charge is -2.24. The third kappa shape index (κ3) is 4.74. The molecule has 0 radical (unpaired) electrons. The molecule has 32 heavy (non-hydrogen) atoms. The number of carbonyl (C=O) groups is 1. The van der Waals surface area contributed by atoms with Crippen LogP contribution in [-0.4, -0.2) is 26.2 Å². The van der Waals surface area contributed by atoms with Gasteiger partial charge in [-0.1, -0.05) is 6.07 Å². The van der Waals surface area contributed by atoms with Gasteiger partial charge in [0.15, 0.2) is 0 Å². The van der Waals surface area contributed by atoms with Crippen molar-refractivity contribution in [3.8, 4) is 5.69 Å². The SMILES string of the molecule is Cc1ccncc1-n1c([C@H](C)NC(=O)OC(C)(C)C)nc2cccc(C(F)(F)F)c2c1=O. The highest BCUT2D eigenvalue weighted by Gasteiger charge is 2.35. The molecular formula is C22H23F3N4O3. The zero-order valence-corrected chi connectivity index (χ0v) is 18.2. The molecule has 0 aliphatic carbocycles. The van der Waals surface area contributed by atoms with Crippen molar-refractivity contribution in [2.75, 3.05) is 0 Å². The number of amides is 1. The molecule has 0 saturated heterocycles. The lowest BCUT2D eigenvalue weighted by atomic mass is 10.1. The van der Waals surface area contributed by atoms with E-state index in [1.165, 1.54) is 24.5 Å². The van der Waals surface area contributed by atoms with Crippen LogP contribution in [0.2, 0.25) is 0 Å². The molecular weight excluding hydrogens is 425 g/mol. The standard InChI is InChI=1S/C22H23F3N4O3/c1-12-9-10-26-11-16(12)29-18(13(2)27-20(31)32-21(3,4)5)28-15-8-6-7-14(22(23,24)25)17(15)19(29)30/h6-11,13H,1-5H3,(H,27,31)/t13-/m0/s1. The molecule has 7 nitrogen and oxygen atoms in total. The van der Waals surface area contributed by atoms with Gasteiger partial charge in [-0.3, -0.25) is 14.3 Å². The van der Waals surface area contributed by atoms with Gasteiger partial charge in [0.2, 0.25) is 0 Å². The van der Waals surface area contributed by atoms with Crippen molar-refractivity contribution in [2.24, 2.45) is 0 Å². The van der Waals surface area contributed by atoms with Crippen LogP contribution in [0.1, 0.15) is 50.7 Å². The van der Waals surface area contributed by atoms with Crippen molar-refractivity contribution in [3.63, 3.8) is 0 Å². The second kappa shape index (κ2) is 8.25. The predicted octanol–water partition coefficient (Wildman–Crippen LogP) is 4.69. The summed E-state index contributed by atoms with van der Waals surface area (Å²) < 4.78 is 47.2. The maximum atomic E-state index is 13.6. The molecule has 1 aromatic carbocycles. The number of hydrogen-bond donors (Lipinski definition) is 1. The number of aromatic nitrogens is 3. The molecule has 0 fully saturated rings. The van der Waals surface area contributed by atoms with Crippen LogP contribution in [0.3, 0.4) is 0 Å². The number of carbonyl (C=O) groups excluding carboxylic acids is 1. The highest BCUT2D eigenvalue weighted by Crippen LogP contribution is 2.33. The Balaban J connectivity index is 2.28. The van der Waals surface area contributed by atoms with Crippen molar-refractivity contribution in [1.82, 2.24) is 19.9 Å². The molecule has 1 atom stereocenters. The minimum atomic E-state index is -4.75. The smallest absolute Gasteiger partial charge is 0.417 e. The third-order valence-corrected chi connectivity index (χ3v) is 4.60. The average molecular weight is 448 g/mol. The number of benzene rings is 1. The Morgan fingerprint density at radius 1 is 1.19 bits per heavy atom. The Labute approximate surface area is 182 Å². The molecule has 10 heteroatoms. The van der Waals surface area contributed by atoms with Gasteiger partial charge in [-0.25, -0.2) is 9.78 Å². The molecule has 170 valence electrons. The predicted molar refractivity (Wildman–Crippen MR) is 113 cm³/mol. The van der Waals surface area contributed by atoms with E-state index < -0.39 is 40.4 Å². The van der Waals surface area contributed by atoms with E-state index in [4.69, 9.17) is 4.74 Å². The summed E-state index contributed by atoms with van der Waals surface area (Å²) in [6.07, 6.45) is -2.63. The van der Waals surface area contributed by atoms with Crippen LogP contribution in [0.15, 0.2) is 41.5 Å². The van der Waals surface area contributed by atoms with Gasteiger partial charge < -0.3 is 10.1 Å². The quantitative estimate of drug-likeness (QED) is 0.628. The van der Waals surface area contributed by atoms with E-state index in [2.05, 4.69) is 15.3 Å². The minimum absolute atomic E-state index is 0.0452. The fourth-order valence-corrected chi connectivity index (χ4v) is 3.25. The molecule has 1 amide bonds. The van der Waals surface area contributed by atoms with Gasteiger partial charge in [-0.05, 0) is 58.4 Å². The van der Waals surface area contributed by atoms with Gasteiger partial charge >= 0.3 is 12.3 Å². The lowest BCUT2D eigenvalue weighted by Crippen LogP contribution is -2.37. The minimum Gasteiger partial charge on any atom is -0.444 e. The van der Waals surface area contributed by atoms with Crippen LogP contribution >= 0.6 is 0 Å². The van der Waals surface area contributed by atoms with Crippen LogP contribution in [0.25, 0.3) is 16.6 Å². The van der Waals surface area contributed by atoms with E-state index in [1.54, 1.807) is 40.7 Å². The zero-order chi connectivity index (χ0) is 23.8. The molecule has 0 aliphatic heterocycles. The van der Waals surface area contributed by atoms with Crippen LogP contribution in [0.4, 0.5) is 18.0 Å². The molecule has 0 saturated carbocycles. The van der Waals surface area contributed by atoms with Gasteiger partial charge in [0.25, 0.3) is 5.56 Å². The number of pyridine rings is 1. The first-order chi connectivity index (χ1) is 14.8. The average Bonchev–Trinajstić information content (AvgIpc) is 2.66. The summed E-state index contributed by atoms with van der Waals surface area (Å²) in [7, 11) is 0. The maximum Gasteiger partial charge on any atom is 0.417 e. The highest BCUT2D eigenvalue weighted by molar-refractivity contribution is 5.82. The van der Waals surface area contributed by atoms with Gasteiger partial charge in [0.1, 0.15) is 11.4 Å². The monoisotopic (exact) mass is 448 g/mol. The molecule has 0 aliphatic rings. The zero-order valence-electron chi connectivity index (χ0n) is 18.2. The molecule has 0 bridgehead atoms. The summed E-state index contributed by atoms with van der Waals surface area (Å²) >= 11 is 0. The maximum absolute atomic E-state index is 13.6. The number of aryl methyl sites for hydroxylation is 1. The van der Waals surface area contributed by atoms with Crippen molar-refractivity contribution in [1.29, 1.82) is 0 Å². The summed E-state index contributed by atoms with van der Waals surface area (Å²) in [4.78, 5) is 34.1. The highest BCUT2D eigenvalue weighted by atomic mass is 19.4. The lowest BCUT2D eigenvalue weighted by molar-refractivity contribution is -0.136. The Bertz CT molecular complexity index is 1230. The number of rotatable bonds is 3. The molecule has 0 spiro atoms. The van der Waals surface area contributed by atoms with E-state index in [0.29, 0.717) is 5.56 Å². The number of hydrogen-bond acceptors (Lipinski definition) is 5. The van der Waals surface area contributed by atoms with Crippen molar-refractivity contribution in [2.45, 2.75) is 52.4 Å². The second-order valence-corrected chi connectivity index (χ2v) is 8.34. The van der Waals surface area contributed by atoms with Gasteiger partial charge in [0, 0.05) is 6.20 Å². The summed E-state index contributed by atoms with van der Waals surface area (Å²) in [5.74, 6) is 0.0452. The van der Waals surface area contributed by atoms with E-state index in [9.17, 15) is 22.8 Å². The Kier molecular flexibility index (Phi) is 5.99. The summed E-state index contributed by atoms with van der Waals surface area (Å²) in [5, 5.41) is 2.03. The summed E-state index contributed by atoms with van der Waals surface area (Å²) in [6.45, 7) is 8.34. The fourth-order valence-electron chi connectivity index (χ4n) is 3.25. The van der Waals surface area contributed by atoms with Gasteiger partial charge in [0.05, 0.1) is 34.4 Å². The van der Waals surface area contributed by atoms with Crippen molar-refractivity contribution < 1.29 is 22.7 Å². The summed E-state index contributed by atoms with van der Waals surface area (Å²) in [5.41, 5.74) is -2.03. The number of halogens is 3. The van der Waals surface area contributed by atoms with Crippen molar-refractivity contribution in [3.05, 3.63) is 64.0 Å². The fraction of sp³-hybridized carbons (Fsp3) is 0.364. The number of alkyl carbamates (subject to hydrolysis) is 1. The van der Waals surface area contributed by atoms with E-state index in [0.717, 1.165) is 10.6 Å². The Morgan fingerprint density at radius 2 is 1.88 bits per heavy atom. The largest absolute Gasteiger partial charge is 0.444 e. The topological polar surface area (TPSA) is 86.1 Å². The van der Waals surface area contributed by atoms with E-state index >= 15 is 0 Å². The first kappa shape index (κ1) is 23.2. The van der Waals surface area contributed by atoms with Crippen LogP contribution in [0.5, 0.6) is 0 Å². The van der Waals surface area contributed by atoms with E-state index in [-0.39, 0.29) is 17.0 Å². The second-order valence-electron chi connectivity index (χ2n) is 8.34. The number of nitrogens with zero attached hydrogens (tertiary/aromatic N) is 3.